The fourth-order valence-corrected chi connectivity index (χ4v) is 5.88. The summed E-state index contributed by atoms with van der Waals surface area (Å²) in [4.78, 5) is 69.0. The summed E-state index contributed by atoms with van der Waals surface area (Å²) in [6.07, 6.45) is -2.54. The molecule has 3 aromatic rings. The maximum Gasteiger partial charge on any atom is 0.414 e. The molecular weight excluding hydrogens is 694 g/mol. The monoisotopic (exact) mass is 743 g/mol. The normalized spacial score (nSPS) is 12.6. The van der Waals surface area contributed by atoms with E-state index in [0.29, 0.717) is 0 Å². The molecule has 1 aliphatic carbocycles. The highest BCUT2D eigenvalue weighted by atomic mass is 16.6. The quantitative estimate of drug-likeness (QED) is 0.100. The van der Waals surface area contributed by atoms with Gasteiger partial charge in [-0.15, -0.1) is 0 Å². The summed E-state index contributed by atoms with van der Waals surface area (Å²) < 4.78 is 16.3. The molecule has 0 spiro atoms. The Morgan fingerprint density at radius 3 is 1.80 bits per heavy atom. The molecule has 0 saturated heterocycles. The minimum atomic E-state index is -1.26. The van der Waals surface area contributed by atoms with Crippen LogP contribution in [-0.2, 0) is 30.2 Å². The van der Waals surface area contributed by atoms with E-state index in [4.69, 9.17) is 14.2 Å². The number of alkyl carbamates (subject to hydrolysis) is 3. The number of fused-ring (bicyclic) bond motifs is 3. The second-order valence-corrected chi connectivity index (χ2v) is 14.8. The van der Waals surface area contributed by atoms with Gasteiger partial charge in [-0.1, -0.05) is 78.9 Å². The third-order valence-electron chi connectivity index (χ3n) is 7.94. The fourth-order valence-electron chi connectivity index (χ4n) is 5.88. The fraction of sp³-hybridized carbons (Fsp3) is 0.400. The number of guanidine groups is 1. The summed E-state index contributed by atoms with van der Waals surface area (Å²) in [7, 11) is 0. The Morgan fingerprint density at radius 1 is 0.759 bits per heavy atom. The molecule has 0 bridgehead atoms. The van der Waals surface area contributed by atoms with Crippen LogP contribution in [0.25, 0.3) is 11.1 Å². The first-order valence-electron chi connectivity index (χ1n) is 17.7. The van der Waals surface area contributed by atoms with Crippen molar-refractivity contribution in [1.29, 1.82) is 0 Å². The highest BCUT2D eigenvalue weighted by Gasteiger charge is 2.30. The van der Waals surface area contributed by atoms with Gasteiger partial charge in [0.2, 0.25) is 11.9 Å². The van der Waals surface area contributed by atoms with E-state index in [9.17, 15) is 29.1 Å². The van der Waals surface area contributed by atoms with Crippen molar-refractivity contribution in [3.8, 4) is 11.1 Å². The van der Waals surface area contributed by atoms with Crippen LogP contribution in [0.5, 0.6) is 0 Å². The molecule has 288 valence electrons. The Balaban J connectivity index is 1.46. The molecule has 1 atom stereocenters. The Hall–Kier alpha value is -5.92. The van der Waals surface area contributed by atoms with E-state index in [1.165, 1.54) is 0 Å². The zero-order chi connectivity index (χ0) is 39.5. The number of ether oxygens (including phenoxy) is 3. The summed E-state index contributed by atoms with van der Waals surface area (Å²) >= 11 is 0. The highest BCUT2D eigenvalue weighted by molar-refractivity contribution is 6.01. The van der Waals surface area contributed by atoms with Gasteiger partial charge in [0, 0.05) is 18.9 Å². The molecule has 4 rings (SSSR count). The zero-order valence-corrected chi connectivity index (χ0v) is 31.5. The molecule has 0 saturated carbocycles. The van der Waals surface area contributed by atoms with Gasteiger partial charge in [-0.2, -0.15) is 0 Å². The van der Waals surface area contributed by atoms with E-state index in [2.05, 4.69) is 20.9 Å². The molecule has 3 aromatic carbocycles. The number of carbonyl (C=O) groups is 5. The minimum absolute atomic E-state index is 0.0741. The number of nitrogens with one attached hydrogen (secondary N) is 3. The Kier molecular flexibility index (Phi) is 13.8. The predicted octanol–water partition coefficient (Wildman–Crippen LogP) is 5.85. The van der Waals surface area contributed by atoms with Gasteiger partial charge in [-0.25, -0.2) is 14.4 Å². The molecule has 0 aromatic heterocycles. The molecule has 0 aliphatic heterocycles. The molecule has 1 aliphatic rings. The Labute approximate surface area is 315 Å². The molecule has 0 radical (unpaired) electrons. The zero-order valence-electron chi connectivity index (χ0n) is 31.5. The first-order chi connectivity index (χ1) is 25.5. The minimum Gasteiger partial charge on any atom is -0.480 e. The van der Waals surface area contributed by atoms with E-state index in [1.54, 1.807) is 41.5 Å². The average Bonchev–Trinajstić information content (AvgIpc) is 3.39. The highest BCUT2D eigenvalue weighted by Crippen LogP contribution is 2.44. The van der Waals surface area contributed by atoms with Crippen LogP contribution in [0.4, 0.5) is 14.4 Å². The van der Waals surface area contributed by atoms with E-state index in [-0.39, 0.29) is 44.4 Å². The number of benzene rings is 3. The lowest BCUT2D eigenvalue weighted by molar-refractivity contribution is -0.144. The number of hydrogen-bond donors (Lipinski definition) is 4. The maximum absolute atomic E-state index is 13.5. The topological polar surface area (TPSA) is 185 Å². The van der Waals surface area contributed by atoms with Crippen molar-refractivity contribution in [2.45, 2.75) is 77.5 Å². The average molecular weight is 744 g/mol. The van der Waals surface area contributed by atoms with Crippen LogP contribution in [0.2, 0.25) is 0 Å². The summed E-state index contributed by atoms with van der Waals surface area (Å²) in [5.41, 5.74) is 3.43. The molecule has 4 amide bonds. The number of carboxylic acids is 1. The number of carboxylic acid groups (broad SMARTS) is 1. The van der Waals surface area contributed by atoms with Crippen molar-refractivity contribution < 1.29 is 43.3 Å². The summed E-state index contributed by atoms with van der Waals surface area (Å²) in [6.45, 7) is 8.97. The largest absolute Gasteiger partial charge is 0.480 e. The number of aliphatic imine (C=N–C) groups is 1. The Bertz CT molecular complexity index is 1760. The molecule has 0 unspecified atom stereocenters. The standard InChI is InChI=1S/C40H49N5O9/c1-39(2,3)53-37(50)43-35(44-38(51)54-40(4,5)6)41-21-20-33(46)45(24-34(47)48)23-27(22-26-14-8-7-9-15-26)42-36(49)52-25-32-30-18-12-10-16-28(30)29-17-11-13-19-31(29)32/h7-19,27,32H,20-25H2,1-6H3,(H,42,49)(H,47,48)(H2,41,43,44,50,51)/t27-/m0/s1. The van der Waals surface area contributed by atoms with Crippen LogP contribution in [0, 0.1) is 0 Å². The van der Waals surface area contributed by atoms with E-state index >= 15 is 0 Å². The van der Waals surface area contributed by atoms with Crippen molar-refractivity contribution >= 4 is 36.1 Å². The summed E-state index contributed by atoms with van der Waals surface area (Å²) in [6, 6.07) is 24.5. The smallest absolute Gasteiger partial charge is 0.414 e. The van der Waals surface area contributed by atoms with Crippen LogP contribution in [-0.4, -0.2) is 89.6 Å². The van der Waals surface area contributed by atoms with Crippen LogP contribution < -0.4 is 16.0 Å². The maximum atomic E-state index is 13.5. The number of aliphatic carboxylic acids is 1. The van der Waals surface area contributed by atoms with Crippen molar-refractivity contribution in [2.24, 2.45) is 4.99 Å². The predicted molar refractivity (Wildman–Crippen MR) is 202 cm³/mol. The van der Waals surface area contributed by atoms with Crippen molar-refractivity contribution in [3.63, 3.8) is 0 Å². The van der Waals surface area contributed by atoms with Crippen LogP contribution >= 0.6 is 0 Å². The number of nitrogens with zero attached hydrogens (tertiary/aromatic N) is 2. The number of amides is 4. The SMILES string of the molecule is CC(C)(C)OC(=O)NC(=NCCC(=O)N(CC(=O)O)C[C@H](Cc1ccccc1)NC(=O)OCC1c2ccccc2-c2ccccc21)NC(=O)OC(C)(C)C. The van der Waals surface area contributed by atoms with Crippen molar-refractivity contribution in [2.75, 3.05) is 26.2 Å². The van der Waals surface area contributed by atoms with Crippen molar-refractivity contribution in [1.82, 2.24) is 20.9 Å². The lowest BCUT2D eigenvalue weighted by Gasteiger charge is -2.27. The van der Waals surface area contributed by atoms with Gasteiger partial charge in [0.05, 0.1) is 12.6 Å². The number of carbonyl (C=O) groups excluding carboxylic acids is 4. The first-order valence-corrected chi connectivity index (χ1v) is 17.7. The van der Waals surface area contributed by atoms with Crippen LogP contribution in [0.1, 0.15) is 70.6 Å². The van der Waals surface area contributed by atoms with Gasteiger partial charge >= 0.3 is 24.2 Å². The van der Waals surface area contributed by atoms with Gasteiger partial charge in [0.1, 0.15) is 24.4 Å². The van der Waals surface area contributed by atoms with Gasteiger partial charge in [0.15, 0.2) is 0 Å². The van der Waals surface area contributed by atoms with E-state index in [0.717, 1.165) is 32.7 Å². The third-order valence-corrected chi connectivity index (χ3v) is 7.94. The van der Waals surface area contributed by atoms with Gasteiger partial charge in [0.25, 0.3) is 0 Å². The van der Waals surface area contributed by atoms with Crippen LogP contribution in [0.3, 0.4) is 0 Å². The molecule has 0 heterocycles. The lowest BCUT2D eigenvalue weighted by atomic mass is 9.98. The molecule has 54 heavy (non-hydrogen) atoms. The third kappa shape index (κ3) is 12.9. The molecule has 14 heteroatoms. The Morgan fingerprint density at radius 2 is 1.28 bits per heavy atom. The van der Waals surface area contributed by atoms with E-state index in [1.807, 2.05) is 78.9 Å². The second-order valence-electron chi connectivity index (χ2n) is 14.8. The number of hydrogen-bond acceptors (Lipinski definition) is 9. The lowest BCUT2D eigenvalue weighted by Crippen LogP contribution is -2.49. The number of rotatable bonds is 12. The van der Waals surface area contributed by atoms with Crippen molar-refractivity contribution in [3.05, 3.63) is 95.6 Å². The first kappa shape index (κ1) is 40.8. The molecular formula is C40H49N5O9. The summed E-state index contributed by atoms with van der Waals surface area (Å²) in [5, 5.41) is 17.3. The molecule has 0 fully saturated rings. The van der Waals surface area contributed by atoms with Gasteiger partial charge in [-0.3, -0.25) is 25.2 Å². The molecule has 4 N–H and O–H groups in total. The molecule has 14 nitrogen and oxygen atoms in total. The van der Waals surface area contributed by atoms with Gasteiger partial charge < -0.3 is 29.5 Å². The van der Waals surface area contributed by atoms with E-state index < -0.39 is 53.9 Å². The van der Waals surface area contributed by atoms with Crippen LogP contribution in [0.15, 0.2) is 83.9 Å². The second kappa shape index (κ2) is 18.2. The summed E-state index contributed by atoms with van der Waals surface area (Å²) in [5.74, 6) is -2.34. The van der Waals surface area contributed by atoms with Gasteiger partial charge in [-0.05, 0) is 75.8 Å².